The number of nitriles is 1. The molecule has 0 saturated carbocycles. The van der Waals surface area contributed by atoms with E-state index in [9.17, 15) is 19.2 Å². The summed E-state index contributed by atoms with van der Waals surface area (Å²) >= 11 is 0. The first kappa shape index (κ1) is 26.2. The number of imide groups is 1. The van der Waals surface area contributed by atoms with Crippen LogP contribution in [0.5, 0.6) is 5.75 Å². The lowest BCUT2D eigenvalue weighted by molar-refractivity contribution is -0.120. The van der Waals surface area contributed by atoms with Crippen molar-refractivity contribution >= 4 is 17.8 Å². The molecule has 0 aliphatic carbocycles. The zero-order valence-corrected chi connectivity index (χ0v) is 22.4. The van der Waals surface area contributed by atoms with Crippen LogP contribution in [-0.2, 0) is 38.1 Å². The van der Waals surface area contributed by atoms with Crippen molar-refractivity contribution in [3.8, 4) is 23.2 Å². The van der Waals surface area contributed by atoms with Gasteiger partial charge in [0, 0.05) is 50.8 Å². The van der Waals surface area contributed by atoms with E-state index in [1.54, 1.807) is 12.3 Å². The first-order chi connectivity index (χ1) is 19.9. The van der Waals surface area contributed by atoms with Crippen LogP contribution >= 0.6 is 0 Å². The summed E-state index contributed by atoms with van der Waals surface area (Å²) in [5.74, 6) is 1.28. The predicted molar refractivity (Wildman–Crippen MR) is 149 cm³/mol. The summed E-state index contributed by atoms with van der Waals surface area (Å²) in [6.07, 6.45) is 1.92. The average Bonchev–Trinajstić information content (AvgIpc) is 3.55. The number of carbonyl (C=O) groups is 2. The van der Waals surface area contributed by atoms with Crippen LogP contribution in [-0.4, -0.2) is 32.9 Å². The van der Waals surface area contributed by atoms with E-state index in [1.165, 1.54) is 28.2 Å². The van der Waals surface area contributed by atoms with Crippen LogP contribution in [0.1, 0.15) is 34.2 Å². The Labute approximate surface area is 236 Å². The quantitative estimate of drug-likeness (QED) is 0.360. The van der Waals surface area contributed by atoms with Crippen LogP contribution in [0.2, 0.25) is 0 Å². The van der Waals surface area contributed by atoms with Crippen LogP contribution in [0.15, 0.2) is 66.9 Å². The first-order valence-corrected chi connectivity index (χ1v) is 13.3. The Morgan fingerprint density at radius 3 is 2.66 bits per heavy atom. The number of aromatic nitrogens is 2. The number of imidazole rings is 1. The van der Waals surface area contributed by atoms with Crippen LogP contribution in [0, 0.1) is 17.1 Å². The number of nitrogens with one attached hydrogen (secondary N) is 1. The fourth-order valence-corrected chi connectivity index (χ4v) is 5.33. The van der Waals surface area contributed by atoms with Gasteiger partial charge in [0.25, 0.3) is 0 Å². The Bertz CT molecular complexity index is 1690. The minimum Gasteiger partial charge on any atom is -0.489 e. The number of amides is 3. The highest BCUT2D eigenvalue weighted by atomic mass is 19.1. The number of anilines is 1. The third-order valence-corrected chi connectivity index (χ3v) is 7.50. The molecule has 3 aromatic carbocycles. The highest BCUT2D eigenvalue weighted by molar-refractivity contribution is 6.05. The van der Waals surface area contributed by atoms with Crippen molar-refractivity contribution in [2.24, 2.45) is 7.05 Å². The van der Waals surface area contributed by atoms with Gasteiger partial charge in [-0.1, -0.05) is 30.3 Å². The summed E-state index contributed by atoms with van der Waals surface area (Å²) < 4.78 is 21.8. The molecule has 206 valence electrons. The van der Waals surface area contributed by atoms with Gasteiger partial charge in [0.2, 0.25) is 5.91 Å². The molecule has 2 aliphatic heterocycles. The van der Waals surface area contributed by atoms with Crippen molar-refractivity contribution in [2.45, 2.75) is 32.7 Å². The van der Waals surface area contributed by atoms with Gasteiger partial charge in [-0.05, 0) is 47.0 Å². The molecule has 6 rings (SSSR count). The Morgan fingerprint density at radius 1 is 1.07 bits per heavy atom. The molecular formula is C31H27FN6O3. The van der Waals surface area contributed by atoms with Crippen LogP contribution in [0.25, 0.3) is 11.4 Å². The third kappa shape index (κ3) is 5.27. The van der Waals surface area contributed by atoms with E-state index in [1.807, 2.05) is 48.0 Å². The van der Waals surface area contributed by atoms with Crippen LogP contribution < -0.4 is 15.0 Å². The van der Waals surface area contributed by atoms with Crippen molar-refractivity contribution < 1.29 is 18.7 Å². The molecule has 3 heterocycles. The average molecular weight is 551 g/mol. The van der Waals surface area contributed by atoms with Gasteiger partial charge in [-0.15, -0.1) is 0 Å². The highest BCUT2D eigenvalue weighted by Gasteiger charge is 2.27. The Balaban J connectivity index is 1.09. The van der Waals surface area contributed by atoms with Crippen molar-refractivity contribution in [1.29, 1.82) is 5.26 Å². The van der Waals surface area contributed by atoms with E-state index in [-0.39, 0.29) is 30.1 Å². The molecular weight excluding hydrogens is 523 g/mol. The second kappa shape index (κ2) is 10.9. The highest BCUT2D eigenvalue weighted by Crippen LogP contribution is 2.31. The molecule has 1 saturated heterocycles. The molecule has 2 aliphatic rings. The number of halogens is 1. The lowest BCUT2D eigenvalue weighted by Crippen LogP contribution is -2.50. The molecule has 0 spiro atoms. The summed E-state index contributed by atoms with van der Waals surface area (Å²) in [6.45, 7) is 2.68. The fourth-order valence-electron chi connectivity index (χ4n) is 5.33. The third-order valence-electron chi connectivity index (χ3n) is 7.50. The number of carbonyl (C=O) groups excluding carboxylic acids is 2. The minimum atomic E-state index is -0.451. The van der Waals surface area contributed by atoms with Gasteiger partial charge in [-0.3, -0.25) is 19.9 Å². The number of fused-ring (bicyclic) bond motifs is 1. The van der Waals surface area contributed by atoms with Gasteiger partial charge in [0.15, 0.2) is 0 Å². The van der Waals surface area contributed by atoms with Crippen molar-refractivity contribution in [3.05, 3.63) is 100 Å². The van der Waals surface area contributed by atoms with Gasteiger partial charge < -0.3 is 9.30 Å². The molecule has 0 bridgehead atoms. The minimum absolute atomic E-state index is 0.0128. The van der Waals surface area contributed by atoms with Gasteiger partial charge in [-0.25, -0.2) is 14.2 Å². The SMILES string of the molecule is Cn1c(N2CCC(=O)NC2=O)cnc1-c1ccc2c(c1)CN(Cc1ccc(OCc3c(F)cccc3C#N)cc1)C2. The molecule has 1 fully saturated rings. The number of rotatable bonds is 7. The number of hydrogen-bond acceptors (Lipinski definition) is 6. The van der Waals surface area contributed by atoms with Crippen LogP contribution in [0.3, 0.4) is 0 Å². The molecule has 41 heavy (non-hydrogen) atoms. The predicted octanol–water partition coefficient (Wildman–Crippen LogP) is 4.64. The second-order valence-corrected chi connectivity index (χ2v) is 10.2. The molecule has 0 atom stereocenters. The summed E-state index contributed by atoms with van der Waals surface area (Å²) in [6, 6.07) is 20.0. The van der Waals surface area contributed by atoms with E-state index in [2.05, 4.69) is 27.3 Å². The van der Waals surface area contributed by atoms with Gasteiger partial charge in [0.1, 0.15) is 29.8 Å². The van der Waals surface area contributed by atoms with Crippen molar-refractivity contribution in [1.82, 2.24) is 19.8 Å². The molecule has 0 unspecified atom stereocenters. The topological polar surface area (TPSA) is 103 Å². The lowest BCUT2D eigenvalue weighted by atomic mass is 10.1. The number of urea groups is 1. The lowest BCUT2D eigenvalue weighted by Gasteiger charge is -2.26. The zero-order chi connectivity index (χ0) is 28.5. The molecule has 0 radical (unpaired) electrons. The van der Waals surface area contributed by atoms with E-state index >= 15 is 0 Å². The Kier molecular flexibility index (Phi) is 6.95. The molecule has 4 aromatic rings. The van der Waals surface area contributed by atoms with Crippen molar-refractivity contribution in [2.75, 3.05) is 11.4 Å². The monoisotopic (exact) mass is 550 g/mol. The van der Waals surface area contributed by atoms with E-state index in [4.69, 9.17) is 4.74 Å². The Hall–Kier alpha value is -5.01. The maximum absolute atomic E-state index is 14.1. The molecule has 3 amide bonds. The van der Waals surface area contributed by atoms with Crippen molar-refractivity contribution in [3.63, 3.8) is 0 Å². The first-order valence-electron chi connectivity index (χ1n) is 13.3. The number of benzene rings is 3. The van der Waals surface area contributed by atoms with E-state index in [0.717, 1.165) is 36.6 Å². The number of nitrogens with zero attached hydrogens (tertiary/aromatic N) is 5. The Morgan fingerprint density at radius 2 is 1.88 bits per heavy atom. The normalized spacial score (nSPS) is 15.0. The number of hydrogen-bond donors (Lipinski definition) is 1. The smallest absolute Gasteiger partial charge is 0.329 e. The molecule has 1 N–H and O–H groups in total. The maximum Gasteiger partial charge on any atom is 0.329 e. The largest absolute Gasteiger partial charge is 0.489 e. The van der Waals surface area contributed by atoms with E-state index in [0.29, 0.717) is 18.1 Å². The molecule has 1 aromatic heterocycles. The van der Waals surface area contributed by atoms with E-state index < -0.39 is 11.8 Å². The summed E-state index contributed by atoms with van der Waals surface area (Å²) in [4.78, 5) is 32.3. The van der Waals surface area contributed by atoms with Gasteiger partial charge in [0.05, 0.1) is 17.8 Å². The molecule has 9 nitrogen and oxygen atoms in total. The van der Waals surface area contributed by atoms with Crippen LogP contribution in [0.4, 0.5) is 15.0 Å². The number of ether oxygens (including phenoxy) is 1. The maximum atomic E-state index is 14.1. The summed E-state index contributed by atoms with van der Waals surface area (Å²) in [5, 5.41) is 11.6. The summed E-state index contributed by atoms with van der Waals surface area (Å²) in [7, 11) is 1.87. The van der Waals surface area contributed by atoms with Gasteiger partial charge in [-0.2, -0.15) is 5.26 Å². The zero-order valence-electron chi connectivity index (χ0n) is 22.4. The van der Waals surface area contributed by atoms with Gasteiger partial charge >= 0.3 is 6.03 Å². The molecule has 10 heteroatoms. The summed E-state index contributed by atoms with van der Waals surface area (Å²) in [5.41, 5.74) is 5.10. The standard InChI is InChI=1S/C31H27FN6O3/c1-36-29(38-12-11-28(39)35-31(38)40)15-34-30(36)21-7-8-23-17-37(18-24(23)13-21)16-20-5-9-25(10-6-20)41-19-26-22(14-33)3-2-4-27(26)32/h2-10,13,15H,11-12,16-19H2,1H3,(H,35,39,40). The fraction of sp³-hybridized carbons (Fsp3) is 0.226. The second-order valence-electron chi connectivity index (χ2n) is 10.2.